The van der Waals surface area contributed by atoms with E-state index in [9.17, 15) is 0 Å². The SMILES string of the molecule is Cc1c(Cl)nc(C(C)C)nc1Nc1cccc(I)c1. The number of hydrogen-bond donors (Lipinski definition) is 1. The van der Waals surface area contributed by atoms with Crippen LogP contribution >= 0.6 is 34.2 Å². The quantitative estimate of drug-likeness (QED) is 0.600. The van der Waals surface area contributed by atoms with E-state index in [1.165, 1.54) is 3.57 Å². The molecule has 0 saturated heterocycles. The molecule has 0 fully saturated rings. The van der Waals surface area contributed by atoms with Gasteiger partial charge in [0.05, 0.1) is 0 Å². The molecule has 0 aliphatic rings. The fourth-order valence-corrected chi connectivity index (χ4v) is 2.31. The Hall–Kier alpha value is -0.880. The molecular formula is C14H15ClIN3. The highest BCUT2D eigenvalue weighted by Gasteiger charge is 2.12. The third-order valence-corrected chi connectivity index (χ3v) is 3.75. The van der Waals surface area contributed by atoms with Crippen molar-refractivity contribution in [3.05, 3.63) is 44.4 Å². The minimum atomic E-state index is 0.245. The van der Waals surface area contributed by atoms with Gasteiger partial charge in [0.25, 0.3) is 0 Å². The Morgan fingerprint density at radius 3 is 2.63 bits per heavy atom. The number of aromatic nitrogens is 2. The average Bonchev–Trinajstić information content (AvgIpc) is 2.34. The van der Waals surface area contributed by atoms with Gasteiger partial charge in [-0.2, -0.15) is 0 Å². The molecule has 0 unspecified atom stereocenters. The molecule has 0 radical (unpaired) electrons. The minimum absolute atomic E-state index is 0.245. The van der Waals surface area contributed by atoms with E-state index in [-0.39, 0.29) is 5.92 Å². The predicted molar refractivity (Wildman–Crippen MR) is 88.3 cm³/mol. The molecule has 0 atom stereocenters. The van der Waals surface area contributed by atoms with Crippen molar-refractivity contribution in [1.82, 2.24) is 9.97 Å². The van der Waals surface area contributed by atoms with Crippen LogP contribution in [-0.4, -0.2) is 9.97 Å². The molecule has 3 nitrogen and oxygen atoms in total. The summed E-state index contributed by atoms with van der Waals surface area (Å²) in [6.45, 7) is 6.02. The molecule has 5 heteroatoms. The molecule has 100 valence electrons. The second-order valence-corrected chi connectivity index (χ2v) is 6.24. The zero-order valence-electron chi connectivity index (χ0n) is 11.0. The lowest BCUT2D eigenvalue weighted by Crippen LogP contribution is -2.05. The van der Waals surface area contributed by atoms with Crippen molar-refractivity contribution in [3.63, 3.8) is 0 Å². The molecule has 0 amide bonds. The van der Waals surface area contributed by atoms with Crippen LogP contribution in [0.15, 0.2) is 24.3 Å². The van der Waals surface area contributed by atoms with E-state index in [2.05, 4.69) is 57.8 Å². The highest BCUT2D eigenvalue weighted by molar-refractivity contribution is 14.1. The minimum Gasteiger partial charge on any atom is -0.340 e. The van der Waals surface area contributed by atoms with Crippen molar-refractivity contribution in [2.75, 3.05) is 5.32 Å². The molecule has 0 aliphatic carbocycles. The van der Waals surface area contributed by atoms with E-state index < -0.39 is 0 Å². The summed E-state index contributed by atoms with van der Waals surface area (Å²) in [6.07, 6.45) is 0. The maximum atomic E-state index is 6.17. The van der Waals surface area contributed by atoms with Gasteiger partial charge in [0, 0.05) is 20.7 Å². The first-order valence-electron chi connectivity index (χ1n) is 6.04. The molecule has 1 N–H and O–H groups in total. The van der Waals surface area contributed by atoms with Crippen LogP contribution in [0, 0.1) is 10.5 Å². The number of hydrogen-bond acceptors (Lipinski definition) is 3. The molecule has 0 aliphatic heterocycles. The first-order valence-corrected chi connectivity index (χ1v) is 7.49. The van der Waals surface area contributed by atoms with E-state index in [0.717, 1.165) is 22.9 Å². The van der Waals surface area contributed by atoms with Gasteiger partial charge >= 0.3 is 0 Å². The molecular weight excluding hydrogens is 373 g/mol. The van der Waals surface area contributed by atoms with E-state index in [1.54, 1.807) is 0 Å². The number of benzene rings is 1. The Morgan fingerprint density at radius 2 is 2.00 bits per heavy atom. The zero-order valence-corrected chi connectivity index (χ0v) is 14.0. The van der Waals surface area contributed by atoms with Crippen molar-refractivity contribution in [2.24, 2.45) is 0 Å². The first kappa shape index (κ1) is 14.5. The van der Waals surface area contributed by atoms with Crippen LogP contribution in [0.5, 0.6) is 0 Å². The van der Waals surface area contributed by atoms with Crippen LogP contribution < -0.4 is 5.32 Å². The highest BCUT2D eigenvalue weighted by Crippen LogP contribution is 2.26. The number of nitrogens with one attached hydrogen (secondary N) is 1. The smallest absolute Gasteiger partial charge is 0.138 e. The summed E-state index contributed by atoms with van der Waals surface area (Å²) in [5.74, 6) is 1.77. The molecule has 1 aromatic carbocycles. The fourth-order valence-electron chi connectivity index (χ4n) is 1.59. The van der Waals surface area contributed by atoms with Crippen LogP contribution in [0.1, 0.15) is 31.2 Å². The van der Waals surface area contributed by atoms with Crippen LogP contribution in [0.2, 0.25) is 5.15 Å². The normalized spacial score (nSPS) is 10.8. The lowest BCUT2D eigenvalue weighted by Gasteiger charge is -2.13. The van der Waals surface area contributed by atoms with E-state index >= 15 is 0 Å². The van der Waals surface area contributed by atoms with Gasteiger partial charge in [-0.05, 0) is 47.7 Å². The lowest BCUT2D eigenvalue weighted by molar-refractivity contribution is 0.773. The Morgan fingerprint density at radius 1 is 1.26 bits per heavy atom. The van der Waals surface area contributed by atoms with Gasteiger partial charge in [-0.25, -0.2) is 9.97 Å². The summed E-state index contributed by atoms with van der Waals surface area (Å²) >= 11 is 8.45. The third kappa shape index (κ3) is 3.57. The molecule has 0 saturated carbocycles. The summed E-state index contributed by atoms with van der Waals surface area (Å²) in [5, 5.41) is 3.82. The maximum absolute atomic E-state index is 6.17. The second kappa shape index (κ2) is 6.05. The topological polar surface area (TPSA) is 37.8 Å². The van der Waals surface area contributed by atoms with Gasteiger partial charge < -0.3 is 5.32 Å². The van der Waals surface area contributed by atoms with Crippen molar-refractivity contribution >= 4 is 45.7 Å². The van der Waals surface area contributed by atoms with E-state index in [0.29, 0.717) is 5.15 Å². The molecule has 1 heterocycles. The van der Waals surface area contributed by atoms with Gasteiger partial charge in [-0.1, -0.05) is 31.5 Å². The van der Waals surface area contributed by atoms with Gasteiger partial charge in [0.15, 0.2) is 0 Å². The monoisotopic (exact) mass is 387 g/mol. The van der Waals surface area contributed by atoms with Gasteiger partial charge in [-0.3, -0.25) is 0 Å². The molecule has 2 rings (SSSR count). The maximum Gasteiger partial charge on any atom is 0.138 e. The molecule has 1 aromatic heterocycles. The zero-order chi connectivity index (χ0) is 14.0. The van der Waals surface area contributed by atoms with Crippen molar-refractivity contribution in [3.8, 4) is 0 Å². The fraction of sp³-hybridized carbons (Fsp3) is 0.286. The van der Waals surface area contributed by atoms with Gasteiger partial charge in [0.1, 0.15) is 16.8 Å². The lowest BCUT2D eigenvalue weighted by atomic mass is 10.2. The van der Waals surface area contributed by atoms with Crippen molar-refractivity contribution < 1.29 is 0 Å². The van der Waals surface area contributed by atoms with E-state index in [4.69, 9.17) is 11.6 Å². The summed E-state index contributed by atoms with van der Waals surface area (Å²) < 4.78 is 1.17. The highest BCUT2D eigenvalue weighted by atomic mass is 127. The number of nitrogens with zero attached hydrogens (tertiary/aromatic N) is 2. The Balaban J connectivity index is 2.39. The standard InChI is InChI=1S/C14H15ClIN3/c1-8(2)13-18-12(15)9(3)14(19-13)17-11-6-4-5-10(16)7-11/h4-8H,1-3H3,(H,17,18,19). The Kier molecular flexibility index (Phi) is 4.62. The molecule has 0 bridgehead atoms. The number of anilines is 2. The second-order valence-electron chi connectivity index (χ2n) is 4.64. The summed E-state index contributed by atoms with van der Waals surface area (Å²) in [7, 11) is 0. The van der Waals surface area contributed by atoms with Crippen LogP contribution in [0.3, 0.4) is 0 Å². The summed E-state index contributed by atoms with van der Waals surface area (Å²) in [4.78, 5) is 8.85. The Bertz CT molecular complexity index is 599. The third-order valence-electron chi connectivity index (χ3n) is 2.71. The molecule has 19 heavy (non-hydrogen) atoms. The van der Waals surface area contributed by atoms with Crippen LogP contribution in [-0.2, 0) is 0 Å². The number of rotatable bonds is 3. The first-order chi connectivity index (χ1) is 8.97. The average molecular weight is 388 g/mol. The largest absolute Gasteiger partial charge is 0.340 e. The summed E-state index contributed by atoms with van der Waals surface area (Å²) in [5.41, 5.74) is 1.87. The van der Waals surface area contributed by atoms with Crippen molar-refractivity contribution in [2.45, 2.75) is 26.7 Å². The Labute approximate surface area is 132 Å². The van der Waals surface area contributed by atoms with E-state index in [1.807, 2.05) is 25.1 Å². The molecule has 2 aromatic rings. The summed E-state index contributed by atoms with van der Waals surface area (Å²) in [6, 6.07) is 8.12. The van der Waals surface area contributed by atoms with Gasteiger partial charge in [-0.15, -0.1) is 0 Å². The molecule has 0 spiro atoms. The van der Waals surface area contributed by atoms with Crippen LogP contribution in [0.25, 0.3) is 0 Å². The predicted octanol–water partition coefficient (Wildman–Crippen LogP) is 4.91. The van der Waals surface area contributed by atoms with Crippen LogP contribution in [0.4, 0.5) is 11.5 Å². The van der Waals surface area contributed by atoms with Crippen molar-refractivity contribution in [1.29, 1.82) is 0 Å². The van der Waals surface area contributed by atoms with Gasteiger partial charge in [0.2, 0.25) is 0 Å². The number of halogens is 2.